The van der Waals surface area contributed by atoms with E-state index in [0.29, 0.717) is 16.1 Å². The molecule has 3 aromatic carbocycles. The lowest BCUT2D eigenvalue weighted by Crippen LogP contribution is -2.24. The van der Waals surface area contributed by atoms with Crippen LogP contribution >= 0.6 is 27.7 Å². The quantitative estimate of drug-likeness (QED) is 0.151. The summed E-state index contributed by atoms with van der Waals surface area (Å²) in [5.41, 5.74) is 5.62. The third-order valence-corrected chi connectivity index (χ3v) is 6.29. The zero-order valence-corrected chi connectivity index (χ0v) is 20.7. The molecular formula is C26H21BrN4O2S. The maximum absolute atomic E-state index is 13.3. The Bertz CT molecular complexity index is 1450. The minimum Gasteiger partial charge on any atom is -0.272 e. The first-order valence-electron chi connectivity index (χ1n) is 10.5. The molecule has 0 aliphatic heterocycles. The summed E-state index contributed by atoms with van der Waals surface area (Å²) in [6.45, 7) is 1.94. The number of nitrogens with one attached hydrogen (secondary N) is 1. The molecule has 1 heterocycles. The number of carbonyl (C=O) groups is 1. The second-order valence-corrected chi connectivity index (χ2v) is 9.22. The standard InChI is InChI=1S/C26H21BrN4O2S/c1-18-9-5-8-14-23(18)31-25(33)21-12-6-7-13-22(21)29-26(31)34-17-24(32)30-28-16-20(27)15-19-10-3-2-4-11-19/h2-16H,17H2,1H3,(H,30,32). The monoisotopic (exact) mass is 532 g/mol. The van der Waals surface area contributed by atoms with Crippen LogP contribution in [0, 0.1) is 6.92 Å². The highest BCUT2D eigenvalue weighted by Crippen LogP contribution is 2.23. The molecule has 0 saturated carbocycles. The van der Waals surface area contributed by atoms with Crippen LogP contribution in [-0.4, -0.2) is 27.4 Å². The number of hydrogen-bond acceptors (Lipinski definition) is 5. The van der Waals surface area contributed by atoms with E-state index in [9.17, 15) is 9.59 Å². The Morgan fingerprint density at radius 1 is 1.06 bits per heavy atom. The van der Waals surface area contributed by atoms with E-state index in [0.717, 1.165) is 21.3 Å². The molecule has 0 bridgehead atoms. The number of hydrogen-bond donors (Lipinski definition) is 1. The molecule has 8 heteroatoms. The molecule has 34 heavy (non-hydrogen) atoms. The molecule has 1 amide bonds. The summed E-state index contributed by atoms with van der Waals surface area (Å²) < 4.78 is 2.29. The maximum atomic E-state index is 13.3. The lowest BCUT2D eigenvalue weighted by atomic mass is 10.2. The van der Waals surface area contributed by atoms with Gasteiger partial charge in [0.05, 0.1) is 28.6 Å². The Kier molecular flexibility index (Phi) is 7.72. The van der Waals surface area contributed by atoms with Gasteiger partial charge in [0.15, 0.2) is 5.16 Å². The fourth-order valence-electron chi connectivity index (χ4n) is 3.31. The van der Waals surface area contributed by atoms with Gasteiger partial charge in [-0.15, -0.1) is 0 Å². The number of nitrogens with zero attached hydrogens (tertiary/aromatic N) is 3. The van der Waals surface area contributed by atoms with Crippen LogP contribution in [0.4, 0.5) is 0 Å². The summed E-state index contributed by atoms with van der Waals surface area (Å²) in [5, 5.41) is 4.97. The van der Waals surface area contributed by atoms with E-state index < -0.39 is 0 Å². The Morgan fingerprint density at radius 3 is 2.56 bits per heavy atom. The molecule has 6 nitrogen and oxygen atoms in total. The lowest BCUT2D eigenvalue weighted by Gasteiger charge is -2.14. The van der Waals surface area contributed by atoms with E-state index >= 15 is 0 Å². The number of benzene rings is 3. The van der Waals surface area contributed by atoms with Gasteiger partial charge in [-0.05, 0) is 58.3 Å². The average Bonchev–Trinajstić information content (AvgIpc) is 2.84. The molecule has 1 aromatic heterocycles. The van der Waals surface area contributed by atoms with Gasteiger partial charge in [-0.3, -0.25) is 14.2 Å². The van der Waals surface area contributed by atoms with Gasteiger partial charge < -0.3 is 0 Å². The van der Waals surface area contributed by atoms with Gasteiger partial charge in [0.2, 0.25) is 0 Å². The van der Waals surface area contributed by atoms with Gasteiger partial charge in [0.1, 0.15) is 0 Å². The highest BCUT2D eigenvalue weighted by Gasteiger charge is 2.15. The smallest absolute Gasteiger partial charge is 0.266 e. The van der Waals surface area contributed by atoms with Crippen LogP contribution in [0.25, 0.3) is 22.7 Å². The summed E-state index contributed by atoms with van der Waals surface area (Å²) >= 11 is 4.61. The summed E-state index contributed by atoms with van der Waals surface area (Å²) in [4.78, 5) is 30.4. The van der Waals surface area contributed by atoms with Crippen LogP contribution in [0.5, 0.6) is 0 Å². The van der Waals surface area contributed by atoms with Gasteiger partial charge in [0.25, 0.3) is 11.5 Å². The first-order chi connectivity index (χ1) is 16.5. The molecule has 0 atom stereocenters. The number of carbonyl (C=O) groups excluding carboxylic acids is 1. The van der Waals surface area contributed by atoms with Crippen molar-refractivity contribution in [2.45, 2.75) is 12.1 Å². The van der Waals surface area contributed by atoms with Crippen molar-refractivity contribution in [3.8, 4) is 5.69 Å². The van der Waals surface area contributed by atoms with Crippen molar-refractivity contribution in [1.82, 2.24) is 15.0 Å². The van der Waals surface area contributed by atoms with Gasteiger partial charge in [-0.2, -0.15) is 5.10 Å². The van der Waals surface area contributed by atoms with Crippen LogP contribution < -0.4 is 11.0 Å². The summed E-state index contributed by atoms with van der Waals surface area (Å²) in [5.74, 6) is -0.256. The molecule has 0 aliphatic carbocycles. The molecule has 0 spiro atoms. The topological polar surface area (TPSA) is 76.3 Å². The summed E-state index contributed by atoms with van der Waals surface area (Å²) in [7, 11) is 0. The third-order valence-electron chi connectivity index (χ3n) is 4.91. The molecule has 0 fully saturated rings. The molecule has 0 unspecified atom stereocenters. The average molecular weight is 533 g/mol. The van der Waals surface area contributed by atoms with Crippen molar-refractivity contribution in [2.24, 2.45) is 5.10 Å². The van der Waals surface area contributed by atoms with Gasteiger partial charge in [-0.25, -0.2) is 10.4 Å². The molecule has 170 valence electrons. The first kappa shape index (κ1) is 23.7. The van der Waals surface area contributed by atoms with Gasteiger partial charge in [-0.1, -0.05) is 72.4 Å². The summed E-state index contributed by atoms with van der Waals surface area (Å²) in [6.07, 6.45) is 3.41. The van der Waals surface area contributed by atoms with Gasteiger partial charge in [0, 0.05) is 4.48 Å². The van der Waals surface area contributed by atoms with E-state index in [2.05, 4.69) is 31.4 Å². The SMILES string of the molecule is Cc1ccccc1-n1c(SCC(=O)NN=CC(Br)=Cc2ccccc2)nc2ccccc2c1=O. The van der Waals surface area contributed by atoms with Crippen LogP contribution in [0.3, 0.4) is 0 Å². The summed E-state index contributed by atoms with van der Waals surface area (Å²) in [6, 6.07) is 24.6. The fraction of sp³-hybridized carbons (Fsp3) is 0.0769. The number of halogens is 1. The Morgan fingerprint density at radius 2 is 1.76 bits per heavy atom. The van der Waals surface area contributed by atoms with Crippen molar-refractivity contribution < 1.29 is 4.79 Å². The van der Waals surface area contributed by atoms with E-state index in [1.54, 1.807) is 16.7 Å². The van der Waals surface area contributed by atoms with Crippen LogP contribution in [0.15, 0.2) is 98.4 Å². The lowest BCUT2D eigenvalue weighted by molar-refractivity contribution is -0.118. The first-order valence-corrected chi connectivity index (χ1v) is 12.3. The number of allylic oxidation sites excluding steroid dienone is 1. The van der Waals surface area contributed by atoms with Crippen LogP contribution in [0.2, 0.25) is 0 Å². The number of fused-ring (bicyclic) bond motifs is 1. The number of para-hydroxylation sites is 2. The second-order valence-electron chi connectivity index (χ2n) is 7.36. The Labute approximate surface area is 209 Å². The normalized spacial score (nSPS) is 11.8. The van der Waals surface area contributed by atoms with Crippen molar-refractivity contribution in [3.05, 3.63) is 105 Å². The Hall–Kier alpha value is -3.49. The predicted octanol–water partition coefficient (Wildman–Crippen LogP) is 5.32. The van der Waals surface area contributed by atoms with Crippen molar-refractivity contribution >= 4 is 56.8 Å². The second kappa shape index (κ2) is 11.1. The molecule has 0 aliphatic rings. The number of aromatic nitrogens is 2. The molecular weight excluding hydrogens is 512 g/mol. The fourth-order valence-corrected chi connectivity index (χ4v) is 4.47. The maximum Gasteiger partial charge on any atom is 0.266 e. The van der Waals surface area contributed by atoms with E-state index in [1.165, 1.54) is 18.0 Å². The predicted molar refractivity (Wildman–Crippen MR) is 143 cm³/mol. The van der Waals surface area contributed by atoms with Crippen molar-refractivity contribution in [1.29, 1.82) is 0 Å². The minimum atomic E-state index is -0.306. The molecule has 4 rings (SSSR count). The van der Waals surface area contributed by atoms with Crippen LogP contribution in [0.1, 0.15) is 11.1 Å². The van der Waals surface area contributed by atoms with Crippen molar-refractivity contribution in [3.63, 3.8) is 0 Å². The van der Waals surface area contributed by atoms with E-state index in [4.69, 9.17) is 0 Å². The van der Waals surface area contributed by atoms with E-state index in [1.807, 2.05) is 79.7 Å². The third kappa shape index (κ3) is 5.70. The largest absolute Gasteiger partial charge is 0.272 e. The number of amides is 1. The number of thioether (sulfide) groups is 1. The number of hydrazone groups is 1. The molecule has 4 aromatic rings. The highest BCUT2D eigenvalue weighted by atomic mass is 79.9. The number of rotatable bonds is 7. The van der Waals surface area contributed by atoms with Crippen LogP contribution in [-0.2, 0) is 4.79 Å². The van der Waals surface area contributed by atoms with Crippen molar-refractivity contribution in [2.75, 3.05) is 5.75 Å². The Balaban J connectivity index is 1.52. The molecule has 0 saturated heterocycles. The zero-order valence-electron chi connectivity index (χ0n) is 18.3. The molecule has 0 radical (unpaired) electrons. The minimum absolute atomic E-state index is 0.0496. The molecule has 1 N–H and O–H groups in total. The number of aryl methyl sites for hydroxylation is 1. The van der Waals surface area contributed by atoms with E-state index in [-0.39, 0.29) is 17.2 Å². The zero-order chi connectivity index (χ0) is 23.9. The highest BCUT2D eigenvalue weighted by molar-refractivity contribution is 9.12. The van der Waals surface area contributed by atoms with Gasteiger partial charge >= 0.3 is 0 Å².